The second-order valence-electron chi connectivity index (χ2n) is 8.71. The lowest BCUT2D eigenvalue weighted by atomic mass is 10.1. The first-order valence-corrected chi connectivity index (χ1v) is 12.6. The van der Waals surface area contributed by atoms with Crippen molar-refractivity contribution < 1.29 is 17.6 Å². The lowest BCUT2D eigenvalue weighted by molar-refractivity contribution is -0.117. The summed E-state index contributed by atoms with van der Waals surface area (Å²) in [7, 11) is -0.163. The Kier molecular flexibility index (Phi) is 7.00. The average molecular weight is 482 g/mol. The zero-order valence-electron chi connectivity index (χ0n) is 19.2. The number of amides is 1. The summed E-state index contributed by atoms with van der Waals surface area (Å²) < 4.78 is 42.1. The molecule has 1 aliphatic rings. The molecule has 1 N–H and O–H groups in total. The average Bonchev–Trinajstić information content (AvgIpc) is 3.65. The van der Waals surface area contributed by atoms with Crippen molar-refractivity contribution in [3.8, 4) is 0 Å². The summed E-state index contributed by atoms with van der Waals surface area (Å²) in [6, 6.07) is 19.7. The maximum atomic E-state index is 13.6. The number of carbonyl (C=O) groups is 1. The molecule has 1 amide bonds. The van der Waals surface area contributed by atoms with Crippen LogP contribution in [-0.4, -0.2) is 32.7 Å². The van der Waals surface area contributed by atoms with E-state index in [2.05, 4.69) is 5.32 Å². The Labute approximate surface area is 200 Å². The number of anilines is 2. The van der Waals surface area contributed by atoms with Gasteiger partial charge in [-0.05, 0) is 66.4 Å². The number of sulfonamides is 1. The minimum Gasteiger partial charge on any atom is -0.377 e. The molecule has 1 fully saturated rings. The lowest BCUT2D eigenvalue weighted by Crippen LogP contribution is -2.31. The van der Waals surface area contributed by atoms with Gasteiger partial charge in [0, 0.05) is 44.5 Å². The molecule has 0 unspecified atom stereocenters. The van der Waals surface area contributed by atoms with Crippen LogP contribution in [0.25, 0.3) is 0 Å². The highest BCUT2D eigenvalue weighted by Gasteiger charge is 2.30. The third kappa shape index (κ3) is 5.63. The predicted molar refractivity (Wildman–Crippen MR) is 131 cm³/mol. The zero-order chi connectivity index (χ0) is 24.3. The number of halogens is 1. The van der Waals surface area contributed by atoms with Crippen LogP contribution in [-0.2, 0) is 27.9 Å². The zero-order valence-corrected chi connectivity index (χ0v) is 20.1. The summed E-state index contributed by atoms with van der Waals surface area (Å²) in [6.07, 6.45) is 1.80. The summed E-state index contributed by atoms with van der Waals surface area (Å²) in [5, 5.41) is 2.94. The van der Waals surface area contributed by atoms with E-state index in [-0.39, 0.29) is 29.8 Å². The monoisotopic (exact) mass is 481 g/mol. The second kappa shape index (κ2) is 9.95. The Morgan fingerprint density at radius 1 is 0.971 bits per heavy atom. The molecular weight excluding hydrogens is 453 g/mol. The molecule has 0 aromatic heterocycles. The number of carbonyl (C=O) groups excluding carboxylic acids is 1. The number of nitrogens with one attached hydrogen (secondary N) is 1. The molecule has 0 atom stereocenters. The molecule has 1 aliphatic carbocycles. The molecule has 0 heterocycles. The van der Waals surface area contributed by atoms with Gasteiger partial charge in [-0.1, -0.05) is 30.3 Å². The smallest absolute Gasteiger partial charge is 0.243 e. The molecule has 4 rings (SSSR count). The highest BCUT2D eigenvalue weighted by atomic mass is 32.2. The van der Waals surface area contributed by atoms with Crippen molar-refractivity contribution in [2.75, 3.05) is 24.3 Å². The molecule has 0 bridgehead atoms. The van der Waals surface area contributed by atoms with Gasteiger partial charge in [0.25, 0.3) is 0 Å². The van der Waals surface area contributed by atoms with Crippen molar-refractivity contribution in [1.29, 1.82) is 0 Å². The molecule has 3 aromatic carbocycles. The van der Waals surface area contributed by atoms with Gasteiger partial charge in [0.15, 0.2) is 0 Å². The van der Waals surface area contributed by atoms with Crippen LogP contribution in [0.4, 0.5) is 15.8 Å². The molecule has 0 saturated heterocycles. The third-order valence-corrected chi connectivity index (χ3v) is 7.58. The van der Waals surface area contributed by atoms with E-state index in [1.165, 1.54) is 16.4 Å². The fourth-order valence-electron chi connectivity index (χ4n) is 3.77. The maximum absolute atomic E-state index is 13.6. The third-order valence-electron chi connectivity index (χ3n) is 5.78. The Morgan fingerprint density at radius 2 is 1.65 bits per heavy atom. The van der Waals surface area contributed by atoms with E-state index >= 15 is 0 Å². The van der Waals surface area contributed by atoms with E-state index in [0.717, 1.165) is 41.8 Å². The maximum Gasteiger partial charge on any atom is 0.243 e. The largest absolute Gasteiger partial charge is 0.377 e. The van der Waals surface area contributed by atoms with E-state index in [9.17, 15) is 17.6 Å². The number of rotatable bonds is 9. The topological polar surface area (TPSA) is 69.7 Å². The van der Waals surface area contributed by atoms with Crippen LogP contribution in [0.15, 0.2) is 77.7 Å². The first kappa shape index (κ1) is 23.9. The summed E-state index contributed by atoms with van der Waals surface area (Å²) >= 11 is 0. The Morgan fingerprint density at radius 3 is 2.26 bits per heavy atom. The van der Waals surface area contributed by atoms with E-state index in [1.807, 2.05) is 67.5 Å². The van der Waals surface area contributed by atoms with Crippen LogP contribution in [0.1, 0.15) is 24.0 Å². The predicted octanol–water partition coefficient (Wildman–Crippen LogP) is 4.63. The van der Waals surface area contributed by atoms with E-state index < -0.39 is 15.8 Å². The second-order valence-corrected chi connectivity index (χ2v) is 10.7. The number of benzene rings is 3. The molecular formula is C26H28FN3O3S. The number of nitrogens with zero attached hydrogens (tertiary/aromatic N) is 2. The normalized spacial score (nSPS) is 13.6. The van der Waals surface area contributed by atoms with Gasteiger partial charge in [0.05, 0.1) is 4.90 Å². The van der Waals surface area contributed by atoms with Gasteiger partial charge in [0.1, 0.15) is 5.82 Å². The van der Waals surface area contributed by atoms with Gasteiger partial charge in [-0.2, -0.15) is 4.31 Å². The van der Waals surface area contributed by atoms with E-state index in [0.29, 0.717) is 5.69 Å². The standard InChI is InChI=1S/C26H28FN3O3S/c1-29(2)25-15-12-23(28-26(31)20-8-9-20)16-21(25)18-30(17-19-6-4-3-5-7-19)34(32,33)24-13-10-22(27)11-14-24/h3-7,10-16,20H,8-9,17-18H2,1-2H3,(H,28,31). The van der Waals surface area contributed by atoms with E-state index in [4.69, 9.17) is 0 Å². The van der Waals surface area contributed by atoms with Crippen molar-refractivity contribution in [2.24, 2.45) is 5.92 Å². The van der Waals surface area contributed by atoms with Crippen molar-refractivity contribution in [2.45, 2.75) is 30.8 Å². The first-order chi connectivity index (χ1) is 16.2. The van der Waals surface area contributed by atoms with Crippen LogP contribution in [0.3, 0.4) is 0 Å². The summed E-state index contributed by atoms with van der Waals surface area (Å²) in [4.78, 5) is 14.2. The van der Waals surface area contributed by atoms with Gasteiger partial charge in [-0.15, -0.1) is 0 Å². The highest BCUT2D eigenvalue weighted by molar-refractivity contribution is 7.89. The summed E-state index contributed by atoms with van der Waals surface area (Å²) in [6.45, 7) is 0.224. The molecule has 0 spiro atoms. The van der Waals surface area contributed by atoms with Gasteiger partial charge in [-0.3, -0.25) is 4.79 Å². The van der Waals surface area contributed by atoms with Crippen LogP contribution in [0, 0.1) is 11.7 Å². The minimum absolute atomic E-state index is 0.0105. The van der Waals surface area contributed by atoms with Crippen LogP contribution in [0.2, 0.25) is 0 Å². The highest BCUT2D eigenvalue weighted by Crippen LogP contribution is 2.32. The van der Waals surface area contributed by atoms with Crippen molar-refractivity contribution >= 4 is 27.3 Å². The van der Waals surface area contributed by atoms with Crippen molar-refractivity contribution in [1.82, 2.24) is 4.31 Å². The Hall–Kier alpha value is -3.23. The van der Waals surface area contributed by atoms with Crippen LogP contribution >= 0.6 is 0 Å². The molecule has 6 nitrogen and oxygen atoms in total. The van der Waals surface area contributed by atoms with Crippen molar-refractivity contribution in [3.63, 3.8) is 0 Å². The minimum atomic E-state index is -3.94. The molecule has 34 heavy (non-hydrogen) atoms. The van der Waals surface area contributed by atoms with Gasteiger partial charge in [-0.25, -0.2) is 12.8 Å². The SMILES string of the molecule is CN(C)c1ccc(NC(=O)C2CC2)cc1CN(Cc1ccccc1)S(=O)(=O)c1ccc(F)cc1. The molecule has 1 saturated carbocycles. The van der Waals surface area contributed by atoms with E-state index in [1.54, 1.807) is 0 Å². The van der Waals surface area contributed by atoms with Crippen LogP contribution < -0.4 is 10.2 Å². The van der Waals surface area contributed by atoms with Gasteiger partial charge >= 0.3 is 0 Å². The van der Waals surface area contributed by atoms with Crippen LogP contribution in [0.5, 0.6) is 0 Å². The Bertz CT molecular complexity index is 1260. The molecule has 178 valence electrons. The fourth-order valence-corrected chi connectivity index (χ4v) is 5.18. The number of hydrogen-bond donors (Lipinski definition) is 1. The first-order valence-electron chi connectivity index (χ1n) is 11.1. The van der Waals surface area contributed by atoms with Crippen molar-refractivity contribution in [3.05, 3.63) is 89.7 Å². The molecule has 0 aliphatic heterocycles. The fraction of sp³-hybridized carbons (Fsp3) is 0.269. The van der Waals surface area contributed by atoms with Gasteiger partial charge < -0.3 is 10.2 Å². The molecule has 0 radical (unpaired) electrons. The summed E-state index contributed by atoms with van der Waals surface area (Å²) in [5.41, 5.74) is 3.06. The number of hydrogen-bond acceptors (Lipinski definition) is 4. The quantitative estimate of drug-likeness (QED) is 0.484. The molecule has 3 aromatic rings. The Balaban J connectivity index is 1.71. The lowest BCUT2D eigenvalue weighted by Gasteiger charge is -2.26. The summed E-state index contributed by atoms with van der Waals surface area (Å²) in [5.74, 6) is -0.448. The molecule has 8 heteroatoms. The van der Waals surface area contributed by atoms with Gasteiger partial charge in [0.2, 0.25) is 15.9 Å².